The van der Waals surface area contributed by atoms with Crippen molar-refractivity contribution in [2.45, 2.75) is 19.0 Å². The van der Waals surface area contributed by atoms with Crippen LogP contribution in [0.4, 0.5) is 8.78 Å². The first-order valence-electron chi connectivity index (χ1n) is 4.32. The third-order valence-corrected chi connectivity index (χ3v) is 1.66. The van der Waals surface area contributed by atoms with Gasteiger partial charge in [-0.05, 0) is 0 Å². The monoisotopic (exact) mass is 210 g/mol. The molecule has 0 aliphatic carbocycles. The number of hydrogen-bond acceptors (Lipinski definition) is 3. The van der Waals surface area contributed by atoms with Crippen molar-refractivity contribution in [3.63, 3.8) is 0 Å². The summed E-state index contributed by atoms with van der Waals surface area (Å²) in [6.07, 6.45) is -4.17. The zero-order valence-corrected chi connectivity index (χ0v) is 8.33. The van der Waals surface area contributed by atoms with Gasteiger partial charge in [0.05, 0.1) is 0 Å². The number of nitrogens with one attached hydrogen (secondary N) is 1. The maximum atomic E-state index is 11.8. The molecule has 0 aromatic rings. The van der Waals surface area contributed by atoms with Crippen LogP contribution < -0.4 is 5.32 Å². The molecule has 0 radical (unpaired) electrons. The summed E-state index contributed by atoms with van der Waals surface area (Å²) in [7, 11) is 3.24. The minimum atomic E-state index is -2.74. The van der Waals surface area contributed by atoms with Gasteiger partial charge in [-0.15, -0.1) is 0 Å². The summed E-state index contributed by atoms with van der Waals surface area (Å²) in [6.45, 7) is 0.0964. The summed E-state index contributed by atoms with van der Waals surface area (Å²) in [6, 6.07) is 0. The Balaban J connectivity index is 3.43. The van der Waals surface area contributed by atoms with Crippen LogP contribution >= 0.6 is 0 Å². The molecular formula is C8H16F2N2O2. The Morgan fingerprint density at radius 2 is 2.07 bits per heavy atom. The van der Waals surface area contributed by atoms with E-state index < -0.39 is 12.5 Å². The molecule has 1 amide bonds. The molecule has 2 N–H and O–H groups in total. The summed E-state index contributed by atoms with van der Waals surface area (Å²) >= 11 is 0. The van der Waals surface area contributed by atoms with E-state index in [0.29, 0.717) is 6.54 Å². The van der Waals surface area contributed by atoms with Gasteiger partial charge in [-0.2, -0.15) is 0 Å². The summed E-state index contributed by atoms with van der Waals surface area (Å²) in [4.78, 5) is 12.4. The highest BCUT2D eigenvalue weighted by molar-refractivity contribution is 5.75. The summed E-state index contributed by atoms with van der Waals surface area (Å²) in [5, 5.41) is 11.3. The van der Waals surface area contributed by atoms with E-state index in [1.54, 1.807) is 14.1 Å². The molecular weight excluding hydrogens is 194 g/mol. The van der Waals surface area contributed by atoms with Gasteiger partial charge in [0.1, 0.15) is 6.10 Å². The van der Waals surface area contributed by atoms with Gasteiger partial charge in [-0.1, -0.05) is 0 Å². The third-order valence-electron chi connectivity index (χ3n) is 1.66. The molecule has 14 heavy (non-hydrogen) atoms. The number of amides is 1. The first-order valence-corrected chi connectivity index (χ1v) is 4.32. The molecule has 0 saturated carbocycles. The van der Waals surface area contributed by atoms with Crippen LogP contribution in [0.15, 0.2) is 0 Å². The van der Waals surface area contributed by atoms with Crippen LogP contribution in [0.1, 0.15) is 6.42 Å². The Labute approximate surface area is 81.9 Å². The molecule has 0 bridgehead atoms. The van der Waals surface area contributed by atoms with E-state index in [0.717, 1.165) is 0 Å². The van der Waals surface area contributed by atoms with Crippen LogP contribution in [-0.2, 0) is 4.79 Å². The lowest BCUT2D eigenvalue weighted by atomic mass is 10.3. The predicted octanol–water partition coefficient (Wildman–Crippen LogP) is -0.320. The summed E-state index contributed by atoms with van der Waals surface area (Å²) < 4.78 is 23.6. The fourth-order valence-corrected chi connectivity index (χ4v) is 0.758. The standard InChI is InChI=1S/C8H16F2N2O2/c1-12(2)7(14)3-4-11-5-6(13)8(9)10/h6,8,11,13H,3-5H2,1-2H3. The minimum Gasteiger partial charge on any atom is -0.386 e. The Kier molecular flexibility index (Phi) is 6.31. The molecule has 4 nitrogen and oxygen atoms in total. The highest BCUT2D eigenvalue weighted by Crippen LogP contribution is 1.98. The van der Waals surface area contributed by atoms with Gasteiger partial charge in [0, 0.05) is 33.6 Å². The molecule has 0 aromatic carbocycles. The molecule has 0 spiro atoms. The molecule has 0 fully saturated rings. The van der Waals surface area contributed by atoms with Gasteiger partial charge in [0.15, 0.2) is 0 Å². The van der Waals surface area contributed by atoms with Crippen LogP contribution in [0.5, 0.6) is 0 Å². The van der Waals surface area contributed by atoms with Gasteiger partial charge >= 0.3 is 0 Å². The Bertz CT molecular complexity index is 177. The van der Waals surface area contributed by atoms with Crippen molar-refractivity contribution in [2.75, 3.05) is 27.2 Å². The normalized spacial score (nSPS) is 13.0. The number of carbonyl (C=O) groups excluding carboxylic acids is 1. The van der Waals surface area contributed by atoms with Crippen molar-refractivity contribution in [2.24, 2.45) is 0 Å². The van der Waals surface area contributed by atoms with Crippen molar-refractivity contribution in [1.29, 1.82) is 0 Å². The van der Waals surface area contributed by atoms with E-state index in [4.69, 9.17) is 5.11 Å². The maximum absolute atomic E-state index is 11.8. The average molecular weight is 210 g/mol. The molecule has 0 rings (SSSR count). The first kappa shape index (κ1) is 13.2. The highest BCUT2D eigenvalue weighted by Gasteiger charge is 2.15. The zero-order chi connectivity index (χ0) is 11.1. The van der Waals surface area contributed by atoms with Crippen molar-refractivity contribution in [3.8, 4) is 0 Å². The fourth-order valence-electron chi connectivity index (χ4n) is 0.758. The number of nitrogens with zero attached hydrogens (tertiary/aromatic N) is 1. The SMILES string of the molecule is CN(C)C(=O)CCNCC(O)C(F)F. The predicted molar refractivity (Wildman–Crippen MR) is 48.2 cm³/mol. The number of hydrogen-bond donors (Lipinski definition) is 2. The molecule has 0 heterocycles. The second kappa shape index (κ2) is 6.67. The lowest BCUT2D eigenvalue weighted by Crippen LogP contribution is -2.34. The van der Waals surface area contributed by atoms with Crippen molar-refractivity contribution in [1.82, 2.24) is 10.2 Å². The van der Waals surface area contributed by atoms with Gasteiger partial charge in [0.25, 0.3) is 6.43 Å². The van der Waals surface area contributed by atoms with E-state index in [2.05, 4.69) is 5.32 Å². The molecule has 1 atom stereocenters. The topological polar surface area (TPSA) is 52.6 Å². The Morgan fingerprint density at radius 1 is 1.50 bits per heavy atom. The first-order chi connectivity index (χ1) is 6.45. The van der Waals surface area contributed by atoms with Gasteiger partial charge < -0.3 is 15.3 Å². The molecule has 6 heteroatoms. The van der Waals surface area contributed by atoms with Crippen molar-refractivity contribution < 1.29 is 18.7 Å². The summed E-state index contributed by atoms with van der Waals surface area (Å²) in [5.41, 5.74) is 0. The molecule has 0 aliphatic heterocycles. The van der Waals surface area contributed by atoms with Crippen LogP contribution in [-0.4, -0.2) is 55.6 Å². The molecule has 0 saturated heterocycles. The van der Waals surface area contributed by atoms with Crippen LogP contribution in [0.3, 0.4) is 0 Å². The van der Waals surface area contributed by atoms with E-state index >= 15 is 0 Å². The van der Waals surface area contributed by atoms with Crippen molar-refractivity contribution >= 4 is 5.91 Å². The molecule has 84 valence electrons. The Hall–Kier alpha value is -0.750. The second-order valence-electron chi connectivity index (χ2n) is 3.14. The summed E-state index contributed by atoms with van der Waals surface area (Å²) in [5.74, 6) is -0.0796. The van der Waals surface area contributed by atoms with E-state index in [-0.39, 0.29) is 18.9 Å². The lowest BCUT2D eigenvalue weighted by Gasteiger charge is -2.12. The molecule has 1 unspecified atom stereocenters. The zero-order valence-electron chi connectivity index (χ0n) is 8.33. The molecule has 0 aromatic heterocycles. The molecule has 0 aliphatic rings. The Morgan fingerprint density at radius 3 is 2.50 bits per heavy atom. The van der Waals surface area contributed by atoms with Crippen LogP contribution in [0.25, 0.3) is 0 Å². The van der Waals surface area contributed by atoms with Crippen molar-refractivity contribution in [3.05, 3.63) is 0 Å². The fraction of sp³-hybridized carbons (Fsp3) is 0.875. The minimum absolute atomic E-state index is 0.0796. The smallest absolute Gasteiger partial charge is 0.265 e. The van der Waals surface area contributed by atoms with Gasteiger partial charge in [0.2, 0.25) is 5.91 Å². The van der Waals surface area contributed by atoms with Gasteiger partial charge in [-0.25, -0.2) is 8.78 Å². The van der Waals surface area contributed by atoms with E-state index in [1.165, 1.54) is 4.90 Å². The number of alkyl halides is 2. The largest absolute Gasteiger partial charge is 0.386 e. The number of rotatable bonds is 6. The lowest BCUT2D eigenvalue weighted by molar-refractivity contribution is -0.128. The number of halogens is 2. The maximum Gasteiger partial charge on any atom is 0.265 e. The number of carbonyl (C=O) groups is 1. The van der Waals surface area contributed by atoms with Crippen LogP contribution in [0, 0.1) is 0 Å². The number of aliphatic hydroxyl groups excluding tert-OH is 1. The van der Waals surface area contributed by atoms with E-state index in [9.17, 15) is 13.6 Å². The van der Waals surface area contributed by atoms with Gasteiger partial charge in [-0.3, -0.25) is 4.79 Å². The highest BCUT2D eigenvalue weighted by atomic mass is 19.3. The third kappa shape index (κ3) is 5.82. The quantitative estimate of drug-likeness (QED) is 0.591. The second-order valence-corrected chi connectivity index (χ2v) is 3.14. The average Bonchev–Trinajstić information content (AvgIpc) is 2.11. The van der Waals surface area contributed by atoms with Crippen LogP contribution in [0.2, 0.25) is 0 Å². The van der Waals surface area contributed by atoms with E-state index in [1.807, 2.05) is 0 Å². The number of aliphatic hydroxyl groups is 1.